The smallest absolute Gasteiger partial charge is 0.278 e. The Labute approximate surface area is 127 Å². The van der Waals surface area contributed by atoms with Crippen molar-refractivity contribution in [2.75, 3.05) is 4.72 Å². The lowest BCUT2D eigenvalue weighted by molar-refractivity contribution is -0.108. The summed E-state index contributed by atoms with van der Waals surface area (Å²) in [6, 6.07) is 8.60. The molecule has 0 unspecified atom stereocenters. The topological polar surface area (TPSA) is 98.1 Å². The molecule has 1 aromatic heterocycles. The molecule has 0 aliphatic carbocycles. The van der Waals surface area contributed by atoms with Crippen LogP contribution in [0.25, 0.3) is 0 Å². The van der Waals surface area contributed by atoms with Gasteiger partial charge in [0.2, 0.25) is 10.0 Å². The van der Waals surface area contributed by atoms with Gasteiger partial charge in [0.05, 0.1) is 18.5 Å². The number of carbonyl (C=O) groups excluding carboxylic acids is 1. The number of nitrogens with one attached hydrogen (secondary N) is 1. The summed E-state index contributed by atoms with van der Waals surface area (Å²) in [7, 11) is -3.75. The first kappa shape index (κ1) is 15.9. The van der Waals surface area contributed by atoms with E-state index in [-0.39, 0.29) is 18.0 Å². The van der Waals surface area contributed by atoms with Gasteiger partial charge in [-0.15, -0.1) is 0 Å². The van der Waals surface area contributed by atoms with Gasteiger partial charge < -0.3 is 4.79 Å². The molecule has 2 aromatic rings. The number of sulfonamides is 1. The number of carbonyl (C=O) groups is 1. The highest BCUT2D eigenvalue weighted by atomic mass is 32.2. The van der Waals surface area contributed by atoms with E-state index in [1.165, 1.54) is 0 Å². The quantitative estimate of drug-likeness (QED) is 0.789. The summed E-state index contributed by atoms with van der Waals surface area (Å²) in [6.07, 6.45) is 1.71. The summed E-state index contributed by atoms with van der Waals surface area (Å²) in [5.41, 5.74) is -0.178. The SMILES string of the molecule is Cc1ncc(NS(=O)(=O)Cc2ccccc2)c(=O)n1CC=O. The minimum atomic E-state index is -3.75. The lowest BCUT2D eigenvalue weighted by Crippen LogP contribution is -2.29. The maximum atomic E-state index is 12.1. The average Bonchev–Trinajstić information content (AvgIpc) is 2.47. The summed E-state index contributed by atoms with van der Waals surface area (Å²) < 4.78 is 27.6. The molecule has 1 heterocycles. The van der Waals surface area contributed by atoms with E-state index in [0.29, 0.717) is 17.7 Å². The van der Waals surface area contributed by atoms with Gasteiger partial charge in [0.15, 0.2) is 0 Å². The first-order chi connectivity index (χ1) is 10.4. The fourth-order valence-electron chi connectivity index (χ4n) is 1.93. The first-order valence-electron chi connectivity index (χ1n) is 6.47. The third-order valence-corrected chi connectivity index (χ3v) is 4.21. The van der Waals surface area contributed by atoms with Crippen molar-refractivity contribution in [2.45, 2.75) is 19.2 Å². The highest BCUT2D eigenvalue weighted by molar-refractivity contribution is 7.91. The van der Waals surface area contributed by atoms with Crippen molar-refractivity contribution >= 4 is 22.0 Å². The fourth-order valence-corrected chi connectivity index (χ4v) is 3.11. The number of aldehydes is 1. The highest BCUT2D eigenvalue weighted by Crippen LogP contribution is 2.09. The first-order valence-corrected chi connectivity index (χ1v) is 8.12. The van der Waals surface area contributed by atoms with Gasteiger partial charge in [-0.3, -0.25) is 14.1 Å². The van der Waals surface area contributed by atoms with Crippen molar-refractivity contribution in [3.8, 4) is 0 Å². The zero-order chi connectivity index (χ0) is 16.2. The van der Waals surface area contributed by atoms with Crippen molar-refractivity contribution in [3.05, 3.63) is 58.3 Å². The van der Waals surface area contributed by atoms with Gasteiger partial charge in [0.25, 0.3) is 5.56 Å². The second kappa shape index (κ2) is 6.52. The molecular weight excluding hydrogens is 306 g/mol. The molecule has 0 amide bonds. The molecule has 0 spiro atoms. The van der Waals surface area contributed by atoms with E-state index in [1.54, 1.807) is 37.3 Å². The minimum Gasteiger partial charge on any atom is -0.301 e. The second-order valence-corrected chi connectivity index (χ2v) is 6.37. The van der Waals surface area contributed by atoms with Crippen LogP contribution in [0, 0.1) is 6.92 Å². The van der Waals surface area contributed by atoms with Crippen molar-refractivity contribution < 1.29 is 13.2 Å². The molecule has 1 N–H and O–H groups in total. The van der Waals surface area contributed by atoms with Crippen LogP contribution in [0.1, 0.15) is 11.4 Å². The number of aromatic nitrogens is 2. The van der Waals surface area contributed by atoms with Crippen LogP contribution >= 0.6 is 0 Å². The third kappa shape index (κ3) is 3.79. The van der Waals surface area contributed by atoms with E-state index in [0.717, 1.165) is 10.8 Å². The number of aryl methyl sites for hydroxylation is 1. The van der Waals surface area contributed by atoms with Crippen LogP contribution in [0.2, 0.25) is 0 Å². The van der Waals surface area contributed by atoms with Gasteiger partial charge in [-0.1, -0.05) is 30.3 Å². The van der Waals surface area contributed by atoms with E-state index in [1.807, 2.05) is 0 Å². The van der Waals surface area contributed by atoms with Crippen molar-refractivity contribution in [3.63, 3.8) is 0 Å². The predicted molar refractivity (Wildman–Crippen MR) is 82.0 cm³/mol. The van der Waals surface area contributed by atoms with Crippen LogP contribution in [-0.4, -0.2) is 24.3 Å². The van der Waals surface area contributed by atoms with Gasteiger partial charge >= 0.3 is 0 Å². The Balaban J connectivity index is 2.28. The molecule has 0 aliphatic heterocycles. The lowest BCUT2D eigenvalue weighted by atomic mass is 10.2. The van der Waals surface area contributed by atoms with Crippen LogP contribution < -0.4 is 10.3 Å². The summed E-state index contributed by atoms with van der Waals surface area (Å²) >= 11 is 0. The number of benzene rings is 1. The average molecular weight is 321 g/mol. The third-order valence-electron chi connectivity index (χ3n) is 2.97. The van der Waals surface area contributed by atoms with Crippen molar-refractivity contribution in [2.24, 2.45) is 0 Å². The molecule has 0 bridgehead atoms. The molecule has 0 radical (unpaired) electrons. The van der Waals surface area contributed by atoms with Crippen LogP contribution in [0.15, 0.2) is 41.3 Å². The standard InChI is InChI=1S/C14H15N3O4S/c1-11-15-9-13(14(19)17(11)7-8-18)16-22(20,21)10-12-5-3-2-4-6-12/h2-6,8-9,16H,7,10H2,1H3. The Morgan fingerprint density at radius 3 is 2.59 bits per heavy atom. The zero-order valence-corrected chi connectivity index (χ0v) is 12.7. The zero-order valence-electron chi connectivity index (χ0n) is 11.9. The predicted octanol–water partition coefficient (Wildman–Crippen LogP) is 0.693. The van der Waals surface area contributed by atoms with Crippen LogP contribution in [0.3, 0.4) is 0 Å². The fraction of sp³-hybridized carbons (Fsp3) is 0.214. The van der Waals surface area contributed by atoms with Crippen LogP contribution in [-0.2, 0) is 27.1 Å². The molecule has 116 valence electrons. The van der Waals surface area contributed by atoms with Gasteiger partial charge in [0.1, 0.15) is 17.8 Å². The van der Waals surface area contributed by atoms with E-state index in [4.69, 9.17) is 0 Å². The molecule has 2 rings (SSSR count). The number of hydrogen-bond acceptors (Lipinski definition) is 5. The van der Waals surface area contributed by atoms with E-state index in [2.05, 4.69) is 9.71 Å². The molecular formula is C14H15N3O4S. The molecule has 7 nitrogen and oxygen atoms in total. The van der Waals surface area contributed by atoms with Gasteiger partial charge in [0, 0.05) is 0 Å². The summed E-state index contributed by atoms with van der Waals surface area (Å²) in [6.45, 7) is 1.39. The Morgan fingerprint density at radius 2 is 1.95 bits per heavy atom. The van der Waals surface area contributed by atoms with Gasteiger partial charge in [-0.2, -0.15) is 0 Å². The van der Waals surface area contributed by atoms with Gasteiger partial charge in [-0.25, -0.2) is 13.4 Å². The second-order valence-electron chi connectivity index (χ2n) is 4.65. The Morgan fingerprint density at radius 1 is 1.27 bits per heavy atom. The number of hydrogen-bond donors (Lipinski definition) is 1. The minimum absolute atomic E-state index is 0.175. The maximum absolute atomic E-state index is 12.1. The molecule has 0 aliphatic rings. The molecule has 0 atom stereocenters. The lowest BCUT2D eigenvalue weighted by Gasteiger charge is -2.10. The Kier molecular flexibility index (Phi) is 4.71. The Hall–Kier alpha value is -2.48. The Bertz CT molecular complexity index is 829. The van der Waals surface area contributed by atoms with Crippen LogP contribution in [0.5, 0.6) is 0 Å². The highest BCUT2D eigenvalue weighted by Gasteiger charge is 2.15. The molecule has 1 aromatic carbocycles. The van der Waals surface area contributed by atoms with Gasteiger partial charge in [-0.05, 0) is 12.5 Å². The largest absolute Gasteiger partial charge is 0.301 e. The van der Waals surface area contributed by atoms with E-state index in [9.17, 15) is 18.0 Å². The van der Waals surface area contributed by atoms with Crippen molar-refractivity contribution in [1.29, 1.82) is 0 Å². The number of rotatable bonds is 6. The maximum Gasteiger partial charge on any atom is 0.278 e. The summed E-state index contributed by atoms with van der Waals surface area (Å²) in [5, 5.41) is 0. The molecule has 0 saturated carbocycles. The summed E-state index contributed by atoms with van der Waals surface area (Å²) in [4.78, 5) is 26.7. The monoisotopic (exact) mass is 321 g/mol. The molecule has 8 heteroatoms. The summed E-state index contributed by atoms with van der Waals surface area (Å²) in [5.74, 6) is 0.0811. The molecule has 22 heavy (non-hydrogen) atoms. The van der Waals surface area contributed by atoms with Crippen molar-refractivity contribution in [1.82, 2.24) is 9.55 Å². The molecule has 0 fully saturated rings. The normalized spacial score (nSPS) is 11.1. The molecule has 0 saturated heterocycles. The van der Waals surface area contributed by atoms with E-state index < -0.39 is 15.6 Å². The number of anilines is 1. The van der Waals surface area contributed by atoms with Crippen LogP contribution in [0.4, 0.5) is 5.69 Å². The van der Waals surface area contributed by atoms with E-state index >= 15 is 0 Å². The number of nitrogens with zero attached hydrogens (tertiary/aromatic N) is 2.